The number of non-ortho nitro benzene ring substituents is 1. The molecule has 3 rings (SSSR count). The van der Waals surface area contributed by atoms with E-state index in [4.69, 9.17) is 4.74 Å². The smallest absolute Gasteiger partial charge is 0.269 e. The minimum atomic E-state index is -1.56. The molecule has 9 heteroatoms. The number of carbonyl (C=O) groups excluding carboxylic acids is 1. The Morgan fingerprint density at radius 3 is 2.56 bits per heavy atom. The molecule has 0 radical (unpaired) electrons. The van der Waals surface area contributed by atoms with Crippen LogP contribution in [-0.4, -0.2) is 46.5 Å². The molecule has 1 aliphatic heterocycles. The van der Waals surface area contributed by atoms with Crippen LogP contribution in [-0.2, 0) is 10.9 Å². The topological polar surface area (TPSA) is 100 Å². The summed E-state index contributed by atoms with van der Waals surface area (Å²) in [5.74, 6) is -0.105. The molecule has 0 amide bonds. The van der Waals surface area contributed by atoms with Crippen molar-refractivity contribution in [3.05, 3.63) is 40.1 Å². The summed E-state index contributed by atoms with van der Waals surface area (Å²) >= 11 is 0. The van der Waals surface area contributed by atoms with Crippen LogP contribution in [0, 0.1) is 10.1 Å². The van der Waals surface area contributed by atoms with Crippen LogP contribution in [0.1, 0.15) is 29.8 Å². The summed E-state index contributed by atoms with van der Waals surface area (Å²) < 4.78 is 7.39. The van der Waals surface area contributed by atoms with Gasteiger partial charge in [-0.2, -0.15) is 0 Å². The monoisotopic (exact) mass is 388 g/mol. The molecule has 0 N–H and O–H groups in total. The Balaban J connectivity index is 2.02. The van der Waals surface area contributed by atoms with Gasteiger partial charge >= 0.3 is 0 Å². The summed E-state index contributed by atoms with van der Waals surface area (Å²) in [4.78, 5) is 23.7. The molecule has 1 aromatic heterocycles. The molecule has 0 aliphatic carbocycles. The highest BCUT2D eigenvalue weighted by atomic mass is 28.3. The second-order valence-electron chi connectivity index (χ2n) is 8.03. The summed E-state index contributed by atoms with van der Waals surface area (Å²) in [6.07, 6.45) is 2.80. The second-order valence-corrected chi connectivity index (χ2v) is 13.5. The van der Waals surface area contributed by atoms with Gasteiger partial charge in [-0.1, -0.05) is 24.9 Å². The summed E-state index contributed by atoms with van der Waals surface area (Å²) in [6, 6.07) is 6.05. The average Bonchev–Trinajstić information content (AvgIpc) is 3.03. The third kappa shape index (κ3) is 4.48. The summed E-state index contributed by atoms with van der Waals surface area (Å²) in [7, 11) is -1.56. The van der Waals surface area contributed by atoms with Crippen LogP contribution in [0.25, 0.3) is 11.3 Å². The molecule has 8 nitrogen and oxygen atoms in total. The third-order valence-corrected chi connectivity index (χ3v) is 5.66. The lowest BCUT2D eigenvalue weighted by Gasteiger charge is -2.23. The van der Waals surface area contributed by atoms with Gasteiger partial charge in [0.2, 0.25) is 5.78 Å². The first-order chi connectivity index (χ1) is 12.8. The maximum atomic E-state index is 13.2. The molecule has 1 aliphatic rings. The Morgan fingerprint density at radius 2 is 2.00 bits per heavy atom. The SMILES string of the molecule is C[Si](C)(C)Cn1nnc(-c2ccc([N+](=O)[O-])cc2)c1C(=O)C1CCCCO1. The van der Waals surface area contributed by atoms with Crippen molar-refractivity contribution >= 4 is 19.5 Å². The van der Waals surface area contributed by atoms with Crippen LogP contribution < -0.4 is 0 Å². The number of carbonyl (C=O) groups is 1. The zero-order valence-corrected chi connectivity index (χ0v) is 16.8. The van der Waals surface area contributed by atoms with Crippen molar-refractivity contribution in [1.82, 2.24) is 15.0 Å². The Labute approximate surface area is 158 Å². The maximum absolute atomic E-state index is 13.2. The third-order valence-electron chi connectivity index (χ3n) is 4.42. The fourth-order valence-corrected chi connectivity index (χ4v) is 4.27. The maximum Gasteiger partial charge on any atom is 0.269 e. The van der Waals surface area contributed by atoms with E-state index in [0.717, 1.165) is 12.8 Å². The fourth-order valence-electron chi connectivity index (χ4n) is 3.15. The molecule has 1 unspecified atom stereocenters. The highest BCUT2D eigenvalue weighted by Gasteiger charge is 2.31. The molecule has 2 heterocycles. The Morgan fingerprint density at radius 1 is 1.30 bits per heavy atom. The molecule has 0 bridgehead atoms. The standard InChI is InChI=1S/C18H24N4O4Si/c1-27(2,3)12-21-17(18(23)15-6-4-5-11-26-15)16(19-20-21)13-7-9-14(10-8-13)22(24)25/h7-10,15H,4-6,11-12H2,1-3H3. The second kappa shape index (κ2) is 7.69. The van der Waals surface area contributed by atoms with E-state index in [2.05, 4.69) is 30.0 Å². The molecular formula is C18H24N4O4Si. The van der Waals surface area contributed by atoms with E-state index >= 15 is 0 Å². The number of nitro benzene ring substituents is 1. The number of rotatable bonds is 6. The van der Waals surface area contributed by atoms with Crippen LogP contribution in [0.2, 0.25) is 19.6 Å². The molecule has 2 aromatic rings. The Bertz CT molecular complexity index is 836. The zero-order valence-electron chi connectivity index (χ0n) is 15.8. The van der Waals surface area contributed by atoms with Crippen LogP contribution in [0.3, 0.4) is 0 Å². The number of nitrogens with zero attached hydrogens (tertiary/aromatic N) is 4. The van der Waals surface area contributed by atoms with Crippen molar-refractivity contribution in [3.63, 3.8) is 0 Å². The van der Waals surface area contributed by atoms with Gasteiger partial charge < -0.3 is 4.74 Å². The molecule has 27 heavy (non-hydrogen) atoms. The lowest BCUT2D eigenvalue weighted by Crippen LogP contribution is -2.34. The minimum Gasteiger partial charge on any atom is -0.370 e. The van der Waals surface area contributed by atoms with E-state index in [1.54, 1.807) is 16.8 Å². The van der Waals surface area contributed by atoms with Gasteiger partial charge in [-0.3, -0.25) is 14.9 Å². The molecule has 1 fully saturated rings. The summed E-state index contributed by atoms with van der Waals surface area (Å²) in [5, 5.41) is 19.4. The largest absolute Gasteiger partial charge is 0.370 e. The molecule has 1 atom stereocenters. The van der Waals surface area contributed by atoms with E-state index in [9.17, 15) is 14.9 Å². The van der Waals surface area contributed by atoms with Gasteiger partial charge in [-0.15, -0.1) is 5.10 Å². The van der Waals surface area contributed by atoms with E-state index in [1.807, 2.05) is 0 Å². The number of hydrogen-bond acceptors (Lipinski definition) is 6. The molecular weight excluding hydrogens is 364 g/mol. The first-order valence-corrected chi connectivity index (χ1v) is 12.8. The number of ketones is 1. The molecule has 144 valence electrons. The first kappa shape index (κ1) is 19.4. The van der Waals surface area contributed by atoms with Crippen molar-refractivity contribution in [1.29, 1.82) is 0 Å². The van der Waals surface area contributed by atoms with E-state index in [-0.39, 0.29) is 11.5 Å². The average molecular weight is 389 g/mol. The van der Waals surface area contributed by atoms with Crippen molar-refractivity contribution in [2.24, 2.45) is 0 Å². The van der Waals surface area contributed by atoms with Crippen molar-refractivity contribution in [3.8, 4) is 11.3 Å². The van der Waals surface area contributed by atoms with Gasteiger partial charge in [-0.05, 0) is 31.4 Å². The van der Waals surface area contributed by atoms with E-state index in [0.29, 0.717) is 36.1 Å². The van der Waals surface area contributed by atoms with E-state index < -0.39 is 19.1 Å². The highest BCUT2D eigenvalue weighted by molar-refractivity contribution is 6.74. The van der Waals surface area contributed by atoms with Crippen molar-refractivity contribution in [2.45, 2.75) is 51.2 Å². The number of hydrogen-bond donors (Lipinski definition) is 0. The number of ether oxygens (including phenoxy) is 1. The number of aromatic nitrogens is 3. The quantitative estimate of drug-likeness (QED) is 0.325. The van der Waals surface area contributed by atoms with Gasteiger partial charge in [0.25, 0.3) is 5.69 Å². The number of Topliss-reactive ketones (excluding diaryl/α,β-unsaturated/α-hetero) is 1. The van der Waals surface area contributed by atoms with Crippen LogP contribution in [0.15, 0.2) is 24.3 Å². The predicted octanol–water partition coefficient (Wildman–Crippen LogP) is 3.48. The van der Waals surface area contributed by atoms with Gasteiger partial charge in [0.15, 0.2) is 0 Å². The van der Waals surface area contributed by atoms with Gasteiger partial charge in [0.1, 0.15) is 17.5 Å². The predicted molar refractivity (Wildman–Crippen MR) is 103 cm³/mol. The van der Waals surface area contributed by atoms with Crippen molar-refractivity contribution in [2.75, 3.05) is 6.61 Å². The summed E-state index contributed by atoms with van der Waals surface area (Å²) in [5.41, 5.74) is 1.54. The molecule has 0 spiro atoms. The van der Waals surface area contributed by atoms with Crippen LogP contribution in [0.4, 0.5) is 5.69 Å². The number of benzene rings is 1. The molecule has 1 saturated heterocycles. The van der Waals surface area contributed by atoms with E-state index in [1.165, 1.54) is 12.1 Å². The molecule has 1 aromatic carbocycles. The minimum absolute atomic E-state index is 0.00303. The molecule has 0 saturated carbocycles. The lowest BCUT2D eigenvalue weighted by molar-refractivity contribution is -0.384. The van der Waals surface area contributed by atoms with Gasteiger partial charge in [-0.25, -0.2) is 4.68 Å². The van der Waals surface area contributed by atoms with Gasteiger partial charge in [0.05, 0.1) is 13.0 Å². The van der Waals surface area contributed by atoms with Crippen LogP contribution in [0.5, 0.6) is 0 Å². The Hall–Kier alpha value is -2.39. The fraction of sp³-hybridized carbons (Fsp3) is 0.500. The number of nitro groups is 1. The normalized spacial score (nSPS) is 17.7. The lowest BCUT2D eigenvalue weighted by atomic mass is 10.00. The Kier molecular flexibility index (Phi) is 5.52. The highest BCUT2D eigenvalue weighted by Crippen LogP contribution is 2.27. The van der Waals surface area contributed by atoms with Gasteiger partial charge in [0, 0.05) is 30.5 Å². The summed E-state index contributed by atoms with van der Waals surface area (Å²) in [6.45, 7) is 7.18. The van der Waals surface area contributed by atoms with Crippen molar-refractivity contribution < 1.29 is 14.5 Å². The zero-order chi connectivity index (χ0) is 19.6. The first-order valence-electron chi connectivity index (χ1n) is 9.10. The van der Waals surface area contributed by atoms with Crippen LogP contribution >= 0.6 is 0 Å².